The Morgan fingerprint density at radius 2 is 2.08 bits per heavy atom. The molecule has 0 aromatic rings. The van der Waals surface area contributed by atoms with Crippen LogP contribution >= 0.6 is 11.6 Å². The second-order valence-corrected chi connectivity index (χ2v) is 9.88. The standard InChI is InChI=1S/C22H37ClN2O/c1-22(2)16-25(12-11-21(22)18-7-9-19(23)10-8-18)14-20(15-26)24-13-17-5-3-4-6-17/h7-9,17,19-21,24,26H,3-6,10-16H2,1-2H3/t19?,20-,21?/m0/s1. The first-order valence-electron chi connectivity index (χ1n) is 10.6. The van der Waals surface area contributed by atoms with E-state index in [1.54, 1.807) is 0 Å². The molecule has 2 aliphatic carbocycles. The minimum Gasteiger partial charge on any atom is -0.395 e. The van der Waals surface area contributed by atoms with Crippen LogP contribution in [0.1, 0.15) is 52.4 Å². The van der Waals surface area contributed by atoms with E-state index in [0.29, 0.717) is 5.92 Å². The fourth-order valence-electron chi connectivity index (χ4n) is 5.16. The van der Waals surface area contributed by atoms with Crippen molar-refractivity contribution in [1.82, 2.24) is 10.2 Å². The maximum absolute atomic E-state index is 9.82. The summed E-state index contributed by atoms with van der Waals surface area (Å²) in [5.74, 6) is 1.43. The van der Waals surface area contributed by atoms with Gasteiger partial charge in [-0.25, -0.2) is 0 Å². The number of alkyl halides is 1. The Bertz CT molecular complexity index is 510. The SMILES string of the molecule is CC1(C)CN(C[C@@H](CO)NCC2CCCC2)CCC1C1=CCC(Cl)C=C1. The molecule has 2 fully saturated rings. The Balaban J connectivity index is 1.50. The van der Waals surface area contributed by atoms with E-state index in [-0.39, 0.29) is 23.4 Å². The van der Waals surface area contributed by atoms with Crippen molar-refractivity contribution < 1.29 is 5.11 Å². The molecule has 0 aromatic heterocycles. The van der Waals surface area contributed by atoms with Crippen LogP contribution in [-0.4, -0.2) is 54.2 Å². The van der Waals surface area contributed by atoms with Crippen LogP contribution in [0.2, 0.25) is 0 Å². The van der Waals surface area contributed by atoms with Crippen molar-refractivity contribution in [2.45, 2.75) is 63.8 Å². The third-order valence-electron chi connectivity index (χ3n) is 6.66. The third kappa shape index (κ3) is 5.34. The molecule has 0 bridgehead atoms. The number of aliphatic hydroxyl groups is 1. The van der Waals surface area contributed by atoms with E-state index >= 15 is 0 Å². The predicted octanol–water partition coefficient (Wildman–Crippen LogP) is 3.97. The number of piperidine rings is 1. The first kappa shape index (κ1) is 20.4. The van der Waals surface area contributed by atoms with Gasteiger partial charge in [-0.1, -0.05) is 44.9 Å². The number of nitrogens with zero attached hydrogens (tertiary/aromatic N) is 1. The molecule has 3 aliphatic rings. The molecule has 0 aromatic carbocycles. The van der Waals surface area contributed by atoms with E-state index in [4.69, 9.17) is 11.6 Å². The molecule has 148 valence electrons. The molecule has 3 nitrogen and oxygen atoms in total. The van der Waals surface area contributed by atoms with E-state index in [2.05, 4.69) is 42.3 Å². The number of likely N-dealkylation sites (tertiary alicyclic amines) is 1. The molecule has 4 heteroatoms. The van der Waals surface area contributed by atoms with Crippen molar-refractivity contribution in [2.75, 3.05) is 32.8 Å². The summed E-state index contributed by atoms with van der Waals surface area (Å²) in [5.41, 5.74) is 1.73. The number of hydrogen-bond acceptors (Lipinski definition) is 3. The maximum atomic E-state index is 9.82. The quantitative estimate of drug-likeness (QED) is 0.656. The van der Waals surface area contributed by atoms with Crippen molar-refractivity contribution in [3.63, 3.8) is 0 Å². The minimum atomic E-state index is 0.165. The van der Waals surface area contributed by atoms with Crippen LogP contribution in [0.3, 0.4) is 0 Å². The zero-order chi connectivity index (χ0) is 18.6. The van der Waals surface area contributed by atoms with Gasteiger partial charge >= 0.3 is 0 Å². The molecule has 0 radical (unpaired) electrons. The summed E-state index contributed by atoms with van der Waals surface area (Å²) in [4.78, 5) is 2.55. The fraction of sp³-hybridized carbons (Fsp3) is 0.818. The van der Waals surface area contributed by atoms with Crippen LogP contribution in [0, 0.1) is 17.3 Å². The lowest BCUT2D eigenvalue weighted by atomic mass is 9.69. The predicted molar refractivity (Wildman–Crippen MR) is 111 cm³/mol. The second-order valence-electron chi connectivity index (χ2n) is 9.32. The molecule has 1 saturated heterocycles. The van der Waals surface area contributed by atoms with Gasteiger partial charge in [0.25, 0.3) is 0 Å². The van der Waals surface area contributed by atoms with Crippen LogP contribution in [-0.2, 0) is 0 Å². The highest BCUT2D eigenvalue weighted by Gasteiger charge is 2.38. The first-order chi connectivity index (χ1) is 12.5. The number of allylic oxidation sites excluding steroid dienone is 4. The van der Waals surface area contributed by atoms with Crippen LogP contribution in [0.5, 0.6) is 0 Å². The van der Waals surface area contributed by atoms with Crippen LogP contribution in [0.25, 0.3) is 0 Å². The lowest BCUT2D eigenvalue weighted by Gasteiger charge is -2.46. The van der Waals surface area contributed by atoms with Gasteiger partial charge in [0.1, 0.15) is 0 Å². The second kappa shape index (κ2) is 9.23. The Hall–Kier alpha value is -0.350. The Morgan fingerprint density at radius 1 is 1.31 bits per heavy atom. The number of hydrogen-bond donors (Lipinski definition) is 2. The smallest absolute Gasteiger partial charge is 0.0597 e. The van der Waals surface area contributed by atoms with Gasteiger partial charge in [-0.15, -0.1) is 11.6 Å². The van der Waals surface area contributed by atoms with E-state index in [1.165, 1.54) is 37.7 Å². The molecule has 26 heavy (non-hydrogen) atoms. The highest BCUT2D eigenvalue weighted by atomic mass is 35.5. The highest BCUT2D eigenvalue weighted by Crippen LogP contribution is 2.41. The van der Waals surface area contributed by atoms with Gasteiger partial charge in [-0.3, -0.25) is 0 Å². The third-order valence-corrected chi connectivity index (χ3v) is 6.98. The molecule has 2 N–H and O–H groups in total. The van der Waals surface area contributed by atoms with Crippen molar-refractivity contribution in [3.8, 4) is 0 Å². The van der Waals surface area contributed by atoms with Gasteiger partial charge in [0.05, 0.1) is 12.0 Å². The van der Waals surface area contributed by atoms with Crippen molar-refractivity contribution in [2.24, 2.45) is 17.3 Å². The lowest BCUT2D eigenvalue weighted by Crippen LogP contribution is -2.52. The zero-order valence-corrected chi connectivity index (χ0v) is 17.3. The fourth-order valence-corrected chi connectivity index (χ4v) is 5.32. The van der Waals surface area contributed by atoms with Crippen LogP contribution in [0.4, 0.5) is 0 Å². The molecule has 3 rings (SSSR count). The van der Waals surface area contributed by atoms with Crippen molar-refractivity contribution in [3.05, 3.63) is 23.8 Å². The monoisotopic (exact) mass is 380 g/mol. The van der Waals surface area contributed by atoms with E-state index in [0.717, 1.165) is 38.5 Å². The summed E-state index contributed by atoms with van der Waals surface area (Å²) in [6.45, 7) is 9.26. The molecule has 2 unspecified atom stereocenters. The molecule has 1 saturated carbocycles. The van der Waals surface area contributed by atoms with E-state index in [9.17, 15) is 5.11 Å². The summed E-state index contributed by atoms with van der Waals surface area (Å²) >= 11 is 6.19. The molecule has 0 amide bonds. The summed E-state index contributed by atoms with van der Waals surface area (Å²) in [6.07, 6.45) is 14.4. The highest BCUT2D eigenvalue weighted by molar-refractivity contribution is 6.22. The normalized spacial score (nSPS) is 31.2. The summed E-state index contributed by atoms with van der Waals surface area (Å²) in [5, 5.41) is 13.6. The number of nitrogens with one attached hydrogen (secondary N) is 1. The minimum absolute atomic E-state index is 0.165. The largest absolute Gasteiger partial charge is 0.395 e. The van der Waals surface area contributed by atoms with Gasteiger partial charge in [-0.2, -0.15) is 0 Å². The topological polar surface area (TPSA) is 35.5 Å². The Labute approximate surface area is 164 Å². The van der Waals surface area contributed by atoms with Crippen LogP contribution < -0.4 is 5.32 Å². The van der Waals surface area contributed by atoms with Gasteiger partial charge in [-0.05, 0) is 61.6 Å². The lowest BCUT2D eigenvalue weighted by molar-refractivity contribution is 0.0601. The number of halogens is 1. The number of aliphatic hydroxyl groups excluding tert-OH is 1. The Morgan fingerprint density at radius 3 is 2.69 bits per heavy atom. The first-order valence-corrected chi connectivity index (χ1v) is 11.0. The van der Waals surface area contributed by atoms with Gasteiger partial charge in [0, 0.05) is 19.1 Å². The average molecular weight is 381 g/mol. The maximum Gasteiger partial charge on any atom is 0.0597 e. The van der Waals surface area contributed by atoms with Gasteiger partial charge in [0.15, 0.2) is 0 Å². The average Bonchev–Trinajstić information content (AvgIpc) is 3.12. The van der Waals surface area contributed by atoms with Gasteiger partial charge in [0.2, 0.25) is 0 Å². The van der Waals surface area contributed by atoms with E-state index < -0.39 is 0 Å². The number of rotatable bonds is 7. The summed E-state index contributed by atoms with van der Waals surface area (Å²) < 4.78 is 0. The molecular weight excluding hydrogens is 344 g/mol. The molecular formula is C22H37ClN2O. The summed E-state index contributed by atoms with van der Waals surface area (Å²) in [6, 6.07) is 0.203. The Kier molecular flexibility index (Phi) is 7.24. The molecule has 1 heterocycles. The van der Waals surface area contributed by atoms with Gasteiger partial charge < -0.3 is 15.3 Å². The van der Waals surface area contributed by atoms with Crippen molar-refractivity contribution >= 4 is 11.6 Å². The molecule has 0 spiro atoms. The summed E-state index contributed by atoms with van der Waals surface area (Å²) in [7, 11) is 0. The van der Waals surface area contributed by atoms with E-state index in [1.807, 2.05) is 0 Å². The molecule has 3 atom stereocenters. The molecule has 1 aliphatic heterocycles. The zero-order valence-electron chi connectivity index (χ0n) is 16.6. The van der Waals surface area contributed by atoms with Crippen LogP contribution in [0.15, 0.2) is 23.8 Å². The van der Waals surface area contributed by atoms with Crippen molar-refractivity contribution in [1.29, 1.82) is 0 Å².